The molecule has 1 amide bonds. The van der Waals surface area contributed by atoms with Crippen molar-refractivity contribution in [1.82, 2.24) is 9.55 Å². The highest BCUT2D eigenvalue weighted by molar-refractivity contribution is 5.78. The number of H-pyrrole nitrogens is 1. The van der Waals surface area contributed by atoms with Crippen LogP contribution in [0.5, 0.6) is 0 Å². The molecule has 0 aliphatic carbocycles. The Balaban J connectivity index is 3.16. The molecular formula is C8H8N4O4. The number of aromatic nitrogens is 2. The fourth-order valence-electron chi connectivity index (χ4n) is 1.00. The van der Waals surface area contributed by atoms with Gasteiger partial charge in [-0.1, -0.05) is 0 Å². The lowest BCUT2D eigenvalue weighted by molar-refractivity contribution is -0.126. The molecule has 0 aliphatic rings. The summed E-state index contributed by atoms with van der Waals surface area (Å²) in [6.07, 6.45) is -0.608. The number of aliphatic hydroxyl groups is 1. The summed E-state index contributed by atoms with van der Waals surface area (Å²) < 4.78 is 0.829. The lowest BCUT2D eigenvalue weighted by Gasteiger charge is -2.08. The molecule has 4 N–H and O–H groups in total. The molecule has 0 saturated carbocycles. The smallest absolute Gasteiger partial charge is 0.328 e. The average molecular weight is 224 g/mol. The van der Waals surface area contributed by atoms with Crippen molar-refractivity contribution in [3.05, 3.63) is 32.6 Å². The molecule has 0 saturated heterocycles. The summed E-state index contributed by atoms with van der Waals surface area (Å²) in [6.45, 7) is -0.417. The van der Waals surface area contributed by atoms with Crippen molar-refractivity contribution in [2.75, 3.05) is 0 Å². The predicted octanol–water partition coefficient (Wildman–Crippen LogP) is -2.75. The van der Waals surface area contributed by atoms with E-state index in [4.69, 9.17) is 16.1 Å². The molecule has 8 nitrogen and oxygen atoms in total. The van der Waals surface area contributed by atoms with E-state index in [-0.39, 0.29) is 5.56 Å². The van der Waals surface area contributed by atoms with Crippen LogP contribution in [0.1, 0.15) is 5.56 Å². The summed E-state index contributed by atoms with van der Waals surface area (Å²) in [5, 5.41) is 17.7. The Hall–Kier alpha value is -2.40. The standard InChI is InChI=1S/C8H8N4O4/c9-1-4-2-12(3-5(13)6(10)14)8(16)11-7(4)15/h2,5,13H,3H2,(H2,10,14)(H,11,15,16). The van der Waals surface area contributed by atoms with Gasteiger partial charge in [-0.2, -0.15) is 5.26 Å². The average Bonchev–Trinajstić information content (AvgIpc) is 2.21. The highest BCUT2D eigenvalue weighted by Gasteiger charge is 2.13. The zero-order valence-corrected chi connectivity index (χ0v) is 8.01. The third-order valence-corrected chi connectivity index (χ3v) is 1.83. The highest BCUT2D eigenvalue weighted by Crippen LogP contribution is 1.89. The molecule has 1 rings (SSSR count). The van der Waals surface area contributed by atoms with Gasteiger partial charge in [0, 0.05) is 6.20 Å². The monoisotopic (exact) mass is 224 g/mol. The van der Waals surface area contributed by atoms with E-state index in [9.17, 15) is 14.4 Å². The number of carbonyl (C=O) groups excluding carboxylic acids is 1. The maximum atomic E-state index is 11.2. The Labute approximate surface area is 88.6 Å². The Bertz CT molecular complexity index is 565. The molecule has 16 heavy (non-hydrogen) atoms. The molecule has 8 heteroatoms. The Kier molecular flexibility index (Phi) is 3.22. The minimum atomic E-state index is -1.56. The number of hydrogen-bond donors (Lipinski definition) is 3. The maximum absolute atomic E-state index is 11.2. The van der Waals surface area contributed by atoms with Crippen LogP contribution in [0.3, 0.4) is 0 Å². The molecule has 1 heterocycles. The van der Waals surface area contributed by atoms with Gasteiger partial charge in [-0.15, -0.1) is 0 Å². The van der Waals surface area contributed by atoms with Crippen molar-refractivity contribution < 1.29 is 9.90 Å². The Morgan fingerprint density at radius 1 is 1.69 bits per heavy atom. The molecule has 1 unspecified atom stereocenters. The van der Waals surface area contributed by atoms with E-state index in [2.05, 4.69) is 0 Å². The van der Waals surface area contributed by atoms with Gasteiger partial charge in [-0.3, -0.25) is 19.1 Å². The van der Waals surface area contributed by atoms with Crippen molar-refractivity contribution in [2.24, 2.45) is 5.73 Å². The first-order chi connectivity index (χ1) is 7.45. The third-order valence-electron chi connectivity index (χ3n) is 1.83. The van der Waals surface area contributed by atoms with Crippen LogP contribution in [0.15, 0.2) is 15.8 Å². The van der Waals surface area contributed by atoms with Crippen LogP contribution in [-0.2, 0) is 11.3 Å². The lowest BCUT2D eigenvalue weighted by Crippen LogP contribution is -2.38. The van der Waals surface area contributed by atoms with Crippen LogP contribution in [0.2, 0.25) is 0 Å². The largest absolute Gasteiger partial charge is 0.381 e. The van der Waals surface area contributed by atoms with Crippen LogP contribution in [0.4, 0.5) is 0 Å². The number of nitrogens with one attached hydrogen (secondary N) is 1. The number of primary amides is 1. The van der Waals surface area contributed by atoms with Crippen LogP contribution in [0.25, 0.3) is 0 Å². The molecule has 0 bridgehead atoms. The quantitative estimate of drug-likeness (QED) is 0.510. The van der Waals surface area contributed by atoms with Crippen molar-refractivity contribution in [3.63, 3.8) is 0 Å². The van der Waals surface area contributed by atoms with Gasteiger partial charge in [-0.25, -0.2) is 4.79 Å². The van der Waals surface area contributed by atoms with Crippen LogP contribution < -0.4 is 17.0 Å². The number of rotatable bonds is 3. The van der Waals surface area contributed by atoms with Crippen LogP contribution in [-0.4, -0.2) is 26.7 Å². The molecule has 0 spiro atoms. The van der Waals surface area contributed by atoms with Crippen molar-refractivity contribution in [3.8, 4) is 6.07 Å². The van der Waals surface area contributed by atoms with Crippen molar-refractivity contribution in [1.29, 1.82) is 5.26 Å². The second-order valence-electron chi connectivity index (χ2n) is 2.98. The van der Waals surface area contributed by atoms with E-state index in [1.807, 2.05) is 4.98 Å². The van der Waals surface area contributed by atoms with Gasteiger partial charge >= 0.3 is 5.69 Å². The van der Waals surface area contributed by atoms with E-state index in [0.717, 1.165) is 10.8 Å². The number of nitrogens with zero attached hydrogens (tertiary/aromatic N) is 2. The molecule has 84 valence electrons. The lowest BCUT2D eigenvalue weighted by atomic mass is 10.3. The summed E-state index contributed by atoms with van der Waals surface area (Å²) in [5.74, 6) is -1.00. The fraction of sp³-hybridized carbons (Fsp3) is 0.250. The summed E-state index contributed by atoms with van der Waals surface area (Å²) in [6, 6.07) is 1.56. The molecule has 1 aromatic heterocycles. The molecular weight excluding hydrogens is 216 g/mol. The van der Waals surface area contributed by atoms with Gasteiger partial charge in [0.25, 0.3) is 5.56 Å². The van der Waals surface area contributed by atoms with Crippen molar-refractivity contribution in [2.45, 2.75) is 12.6 Å². The molecule has 1 atom stereocenters. The minimum Gasteiger partial charge on any atom is -0.381 e. The summed E-state index contributed by atoms with van der Waals surface area (Å²) >= 11 is 0. The molecule has 0 aromatic carbocycles. The molecule has 0 radical (unpaired) electrons. The number of nitrogens with two attached hydrogens (primary N) is 1. The summed E-state index contributed by atoms with van der Waals surface area (Å²) in [4.78, 5) is 34.6. The normalized spacial score (nSPS) is 11.8. The van der Waals surface area contributed by atoms with Gasteiger partial charge in [0.2, 0.25) is 5.91 Å². The first-order valence-corrected chi connectivity index (χ1v) is 4.17. The number of hydrogen-bond acceptors (Lipinski definition) is 5. The van der Waals surface area contributed by atoms with Crippen molar-refractivity contribution >= 4 is 5.91 Å². The molecule has 0 aliphatic heterocycles. The number of carbonyl (C=O) groups is 1. The zero-order chi connectivity index (χ0) is 12.3. The van der Waals surface area contributed by atoms with Crippen LogP contribution in [0, 0.1) is 11.3 Å². The van der Waals surface area contributed by atoms with Gasteiger partial charge < -0.3 is 10.8 Å². The number of aliphatic hydroxyl groups excluding tert-OH is 1. The Morgan fingerprint density at radius 2 is 2.31 bits per heavy atom. The Morgan fingerprint density at radius 3 is 2.81 bits per heavy atom. The SMILES string of the molecule is N#Cc1cn(CC(O)C(N)=O)c(=O)[nH]c1=O. The highest BCUT2D eigenvalue weighted by atomic mass is 16.3. The maximum Gasteiger partial charge on any atom is 0.328 e. The molecule has 1 aromatic rings. The van der Waals surface area contributed by atoms with E-state index in [1.54, 1.807) is 6.07 Å². The fourth-order valence-corrected chi connectivity index (χ4v) is 1.00. The summed E-state index contributed by atoms with van der Waals surface area (Å²) in [7, 11) is 0. The second-order valence-corrected chi connectivity index (χ2v) is 2.98. The van der Waals surface area contributed by atoms with E-state index in [0.29, 0.717) is 0 Å². The topological polar surface area (TPSA) is 142 Å². The van der Waals surface area contributed by atoms with Gasteiger partial charge in [0.1, 0.15) is 17.7 Å². The summed E-state index contributed by atoms with van der Waals surface area (Å²) in [5.41, 5.74) is 2.85. The predicted molar refractivity (Wildman–Crippen MR) is 51.2 cm³/mol. The van der Waals surface area contributed by atoms with Crippen LogP contribution >= 0.6 is 0 Å². The van der Waals surface area contributed by atoms with E-state index < -0.39 is 29.8 Å². The number of amides is 1. The first-order valence-electron chi connectivity index (χ1n) is 4.17. The molecule has 0 fully saturated rings. The number of aromatic amines is 1. The minimum absolute atomic E-state index is 0.295. The zero-order valence-electron chi connectivity index (χ0n) is 8.01. The third kappa shape index (κ3) is 2.34. The second kappa shape index (κ2) is 4.41. The first kappa shape index (κ1) is 11.7. The van der Waals surface area contributed by atoms with Gasteiger partial charge in [0.05, 0.1) is 6.54 Å². The number of nitriles is 1. The van der Waals surface area contributed by atoms with Gasteiger partial charge in [-0.05, 0) is 0 Å². The van der Waals surface area contributed by atoms with E-state index >= 15 is 0 Å². The van der Waals surface area contributed by atoms with E-state index in [1.165, 1.54) is 0 Å². The van der Waals surface area contributed by atoms with Gasteiger partial charge in [0.15, 0.2) is 0 Å².